The Kier molecular flexibility index (Phi) is 7.90. The first-order chi connectivity index (χ1) is 16.8. The van der Waals surface area contributed by atoms with Gasteiger partial charge in [-0.05, 0) is 59.7 Å². The molecule has 1 saturated heterocycles. The molecule has 0 aromatic heterocycles. The van der Waals surface area contributed by atoms with Gasteiger partial charge in [-0.3, -0.25) is 19.8 Å². The maximum absolute atomic E-state index is 13.1. The number of ether oxygens (including phenoxy) is 2. The fourth-order valence-corrected chi connectivity index (χ4v) is 5.37. The molecule has 35 heavy (non-hydrogen) atoms. The smallest absolute Gasteiger partial charge is 0.270 e. The lowest BCUT2D eigenvalue weighted by Crippen LogP contribution is -2.27. The van der Waals surface area contributed by atoms with Gasteiger partial charge in [-0.15, -0.1) is 0 Å². The van der Waals surface area contributed by atoms with Crippen LogP contribution in [0.15, 0.2) is 74.5 Å². The van der Waals surface area contributed by atoms with E-state index in [1.807, 2.05) is 24.3 Å². The van der Waals surface area contributed by atoms with Gasteiger partial charge in [0.25, 0.3) is 11.6 Å². The Labute approximate surface area is 227 Å². The Morgan fingerprint density at radius 1 is 1.11 bits per heavy atom. The van der Waals surface area contributed by atoms with Crippen LogP contribution in [-0.2, 0) is 11.4 Å². The van der Waals surface area contributed by atoms with Gasteiger partial charge in [0.1, 0.15) is 6.61 Å². The van der Waals surface area contributed by atoms with Gasteiger partial charge in [0.15, 0.2) is 15.8 Å². The first kappa shape index (κ1) is 25.4. The largest absolute Gasteiger partial charge is 0.493 e. The third-order valence-corrected chi connectivity index (χ3v) is 7.45. The van der Waals surface area contributed by atoms with Gasteiger partial charge < -0.3 is 9.47 Å². The molecule has 3 aromatic carbocycles. The minimum atomic E-state index is -0.448. The SMILES string of the molecule is COc1cc(/C=C2/SC(=S)N(c3cccc(Br)c3)C2=O)c(Br)cc1OCc1ccc([N+](=O)[O-])cc1. The number of thioether (sulfide) groups is 1. The number of amides is 1. The van der Waals surface area contributed by atoms with Gasteiger partial charge in [-0.1, -0.05) is 61.9 Å². The normalized spacial score (nSPS) is 14.5. The molecule has 0 radical (unpaired) electrons. The second-order valence-electron chi connectivity index (χ2n) is 7.23. The van der Waals surface area contributed by atoms with E-state index in [-0.39, 0.29) is 18.2 Å². The van der Waals surface area contributed by atoms with Gasteiger partial charge >= 0.3 is 0 Å². The molecule has 0 N–H and O–H groups in total. The van der Waals surface area contributed by atoms with Crippen LogP contribution < -0.4 is 14.4 Å². The van der Waals surface area contributed by atoms with Crippen LogP contribution in [-0.4, -0.2) is 22.3 Å². The predicted molar refractivity (Wildman–Crippen MR) is 148 cm³/mol. The minimum absolute atomic E-state index is 0.0174. The highest BCUT2D eigenvalue weighted by Crippen LogP contribution is 2.40. The average molecular weight is 636 g/mol. The zero-order valence-corrected chi connectivity index (χ0v) is 22.9. The van der Waals surface area contributed by atoms with Crippen molar-refractivity contribution in [3.05, 3.63) is 95.8 Å². The molecule has 1 amide bonds. The molecule has 0 aliphatic carbocycles. The Morgan fingerprint density at radius 3 is 2.51 bits per heavy atom. The van der Waals surface area contributed by atoms with Crippen LogP contribution in [0.25, 0.3) is 6.08 Å². The third kappa shape index (κ3) is 5.75. The highest BCUT2D eigenvalue weighted by Gasteiger charge is 2.33. The lowest BCUT2D eigenvalue weighted by Gasteiger charge is -2.14. The quantitative estimate of drug-likeness (QED) is 0.118. The standard InChI is InChI=1S/C24H16Br2N2O5S2/c1-32-20-9-15(10-22-23(29)27(24(34)35-22)18-4-2-3-16(25)11-18)19(26)12-21(20)33-13-14-5-7-17(8-6-14)28(30)31/h2-12H,13H2,1H3/b22-10+. The van der Waals surface area contributed by atoms with E-state index in [9.17, 15) is 14.9 Å². The summed E-state index contributed by atoms with van der Waals surface area (Å²) in [6.45, 7) is 0.200. The molecule has 1 aliphatic heterocycles. The van der Waals surface area contributed by atoms with Crippen molar-refractivity contribution in [3.63, 3.8) is 0 Å². The van der Waals surface area contributed by atoms with Crippen molar-refractivity contribution in [1.29, 1.82) is 0 Å². The molecule has 1 heterocycles. The monoisotopic (exact) mass is 634 g/mol. The number of halogens is 2. The highest BCUT2D eigenvalue weighted by atomic mass is 79.9. The van der Waals surface area contributed by atoms with Crippen LogP contribution >= 0.6 is 55.8 Å². The Morgan fingerprint density at radius 2 is 1.86 bits per heavy atom. The predicted octanol–water partition coefficient (Wildman–Crippen LogP) is 7.11. The van der Waals surface area contributed by atoms with Crippen LogP contribution in [0.5, 0.6) is 11.5 Å². The molecule has 4 rings (SSSR count). The number of carbonyl (C=O) groups excluding carboxylic acids is 1. The summed E-state index contributed by atoms with van der Waals surface area (Å²) in [6.07, 6.45) is 1.75. The summed E-state index contributed by atoms with van der Waals surface area (Å²) in [5.74, 6) is 0.753. The summed E-state index contributed by atoms with van der Waals surface area (Å²) in [7, 11) is 1.53. The van der Waals surface area contributed by atoms with Gasteiger partial charge in [0.2, 0.25) is 0 Å². The van der Waals surface area contributed by atoms with E-state index in [2.05, 4.69) is 31.9 Å². The number of thiocarbonyl (C=S) groups is 1. The number of hydrogen-bond donors (Lipinski definition) is 0. The van der Waals surface area contributed by atoms with Gasteiger partial charge in [-0.2, -0.15) is 0 Å². The lowest BCUT2D eigenvalue weighted by atomic mass is 10.1. The van der Waals surface area contributed by atoms with E-state index in [0.29, 0.717) is 30.9 Å². The first-order valence-corrected chi connectivity index (χ1v) is 12.8. The molecule has 0 bridgehead atoms. The number of nitro benzene ring substituents is 1. The molecule has 1 aliphatic rings. The van der Waals surface area contributed by atoms with Crippen LogP contribution in [0.4, 0.5) is 11.4 Å². The molecular weight excluding hydrogens is 620 g/mol. The zero-order chi connectivity index (χ0) is 25.1. The topological polar surface area (TPSA) is 81.9 Å². The average Bonchev–Trinajstić information content (AvgIpc) is 3.11. The number of nitro groups is 1. The number of anilines is 1. The summed E-state index contributed by atoms with van der Waals surface area (Å²) in [5.41, 5.74) is 2.20. The summed E-state index contributed by atoms with van der Waals surface area (Å²) < 4.78 is 13.4. The number of carbonyl (C=O) groups is 1. The zero-order valence-electron chi connectivity index (χ0n) is 18.1. The summed E-state index contributed by atoms with van der Waals surface area (Å²) in [6, 6.07) is 17.1. The van der Waals surface area contributed by atoms with Crippen LogP contribution in [0, 0.1) is 10.1 Å². The van der Waals surface area contributed by atoms with Gasteiger partial charge in [0, 0.05) is 21.1 Å². The minimum Gasteiger partial charge on any atom is -0.493 e. The maximum Gasteiger partial charge on any atom is 0.270 e. The molecule has 7 nitrogen and oxygen atoms in total. The molecule has 0 spiro atoms. The highest BCUT2D eigenvalue weighted by molar-refractivity contribution is 9.10. The van der Waals surface area contributed by atoms with Crippen LogP contribution in [0.1, 0.15) is 11.1 Å². The number of rotatable bonds is 7. The van der Waals surface area contributed by atoms with E-state index in [0.717, 1.165) is 15.6 Å². The summed E-state index contributed by atoms with van der Waals surface area (Å²) in [5, 5.41) is 10.8. The fourth-order valence-electron chi connectivity index (χ4n) is 3.26. The molecule has 11 heteroatoms. The molecule has 0 atom stereocenters. The van der Waals surface area contributed by atoms with Gasteiger partial charge in [0.05, 0.1) is 22.6 Å². The Hall–Kier alpha value is -2.73. The second-order valence-corrected chi connectivity index (χ2v) is 10.7. The van der Waals surface area contributed by atoms with Crippen molar-refractivity contribution in [2.45, 2.75) is 6.61 Å². The van der Waals surface area contributed by atoms with Crippen molar-refractivity contribution in [1.82, 2.24) is 0 Å². The van der Waals surface area contributed by atoms with Gasteiger partial charge in [-0.25, -0.2) is 0 Å². The van der Waals surface area contributed by atoms with E-state index in [4.69, 9.17) is 21.7 Å². The number of nitrogens with zero attached hydrogens (tertiary/aromatic N) is 2. The van der Waals surface area contributed by atoms with E-state index in [1.165, 1.54) is 35.9 Å². The van der Waals surface area contributed by atoms with E-state index in [1.54, 1.807) is 30.3 Å². The molecule has 178 valence electrons. The number of methoxy groups -OCH3 is 1. The maximum atomic E-state index is 13.1. The molecular formula is C24H16Br2N2O5S2. The van der Waals surface area contributed by atoms with Crippen molar-refractivity contribution < 1.29 is 19.2 Å². The van der Waals surface area contributed by atoms with Crippen molar-refractivity contribution in [2.24, 2.45) is 0 Å². The van der Waals surface area contributed by atoms with Crippen molar-refractivity contribution >= 4 is 83.5 Å². The lowest BCUT2D eigenvalue weighted by molar-refractivity contribution is -0.384. The van der Waals surface area contributed by atoms with Crippen LogP contribution in [0.2, 0.25) is 0 Å². The fraction of sp³-hybridized carbons (Fsp3) is 0.0833. The Bertz CT molecular complexity index is 1360. The number of non-ortho nitro benzene ring substituents is 1. The first-order valence-electron chi connectivity index (χ1n) is 10.0. The second kappa shape index (κ2) is 10.9. The van der Waals surface area contributed by atoms with E-state index < -0.39 is 4.92 Å². The van der Waals surface area contributed by atoms with Crippen molar-refractivity contribution in [3.8, 4) is 11.5 Å². The molecule has 0 saturated carbocycles. The molecule has 0 unspecified atom stereocenters. The number of benzene rings is 3. The molecule has 1 fully saturated rings. The number of hydrogen-bond acceptors (Lipinski definition) is 7. The third-order valence-electron chi connectivity index (χ3n) is 4.97. The van der Waals surface area contributed by atoms with E-state index >= 15 is 0 Å². The van der Waals surface area contributed by atoms with Crippen molar-refractivity contribution in [2.75, 3.05) is 12.0 Å². The van der Waals surface area contributed by atoms with Crippen LogP contribution in [0.3, 0.4) is 0 Å². The Balaban J connectivity index is 1.55. The summed E-state index contributed by atoms with van der Waals surface area (Å²) >= 11 is 13.7. The summed E-state index contributed by atoms with van der Waals surface area (Å²) in [4.78, 5) is 25.5. The molecule has 3 aromatic rings.